The zero-order valence-electron chi connectivity index (χ0n) is 17.5. The molecule has 2 aromatic rings. The van der Waals surface area contributed by atoms with Crippen LogP contribution in [0.2, 0.25) is 0 Å². The number of pyridine rings is 1. The van der Waals surface area contributed by atoms with Crippen LogP contribution in [0.1, 0.15) is 37.0 Å². The molecule has 0 bridgehead atoms. The van der Waals surface area contributed by atoms with Gasteiger partial charge in [0.1, 0.15) is 5.82 Å². The molecule has 1 unspecified atom stereocenters. The van der Waals surface area contributed by atoms with Gasteiger partial charge in [-0.05, 0) is 57.0 Å². The summed E-state index contributed by atoms with van der Waals surface area (Å²) in [6, 6.07) is 9.07. The van der Waals surface area contributed by atoms with Crippen molar-refractivity contribution in [1.82, 2.24) is 9.71 Å². The van der Waals surface area contributed by atoms with Crippen molar-refractivity contribution >= 4 is 33.3 Å². The van der Waals surface area contributed by atoms with Crippen LogP contribution in [0.4, 0.5) is 11.5 Å². The maximum Gasteiger partial charge on any atom is 0.255 e. The molecular formula is C21H27N5O4S. The van der Waals surface area contributed by atoms with Gasteiger partial charge in [0.2, 0.25) is 15.9 Å². The minimum Gasteiger partial charge on any atom is -0.369 e. The largest absolute Gasteiger partial charge is 0.369 e. The first kappa shape index (κ1) is 22.7. The van der Waals surface area contributed by atoms with E-state index in [0.717, 1.165) is 19.4 Å². The molecule has 3 rings (SSSR count). The number of carbonyl (C=O) groups excluding carboxylic acids is 2. The number of sulfonamides is 1. The van der Waals surface area contributed by atoms with Gasteiger partial charge in [-0.1, -0.05) is 6.07 Å². The molecule has 10 heteroatoms. The first-order valence-corrected chi connectivity index (χ1v) is 11.6. The number of nitrogens with one attached hydrogen (secondary N) is 2. The second-order valence-electron chi connectivity index (χ2n) is 7.85. The van der Waals surface area contributed by atoms with E-state index in [-0.39, 0.29) is 28.3 Å². The van der Waals surface area contributed by atoms with Crippen LogP contribution in [0.15, 0.2) is 47.5 Å². The molecular weight excluding hydrogens is 418 g/mol. The average Bonchev–Trinajstić information content (AvgIpc) is 2.73. The van der Waals surface area contributed by atoms with Crippen molar-refractivity contribution < 1.29 is 18.0 Å². The number of anilines is 2. The second-order valence-corrected chi connectivity index (χ2v) is 9.56. The van der Waals surface area contributed by atoms with Gasteiger partial charge < -0.3 is 16.0 Å². The standard InChI is InChI=1S/C21H27N5O4S/c1-14(2)25-31(29,30)18-7-3-5-15(11-18)21(28)24-17-8-9-19(23-12-17)26-10-4-6-16(13-26)20(22)27/h3,5,7-9,11-12,14,16,25H,4,6,10,13H2,1-2H3,(H2,22,27)(H,24,28). The SMILES string of the molecule is CC(C)NS(=O)(=O)c1cccc(C(=O)Nc2ccc(N3CCCC(C(N)=O)C3)nc2)c1. The highest BCUT2D eigenvalue weighted by Crippen LogP contribution is 2.22. The smallest absolute Gasteiger partial charge is 0.255 e. The number of hydrogen-bond donors (Lipinski definition) is 3. The molecule has 0 radical (unpaired) electrons. The Kier molecular flexibility index (Phi) is 6.91. The van der Waals surface area contributed by atoms with Crippen molar-refractivity contribution in [2.24, 2.45) is 11.7 Å². The van der Waals surface area contributed by atoms with Gasteiger partial charge in [0, 0.05) is 24.7 Å². The molecule has 166 valence electrons. The lowest BCUT2D eigenvalue weighted by Gasteiger charge is -2.32. The van der Waals surface area contributed by atoms with E-state index in [4.69, 9.17) is 5.73 Å². The predicted molar refractivity (Wildman–Crippen MR) is 118 cm³/mol. The summed E-state index contributed by atoms with van der Waals surface area (Å²) in [6.07, 6.45) is 3.17. The highest BCUT2D eigenvalue weighted by Gasteiger charge is 2.24. The Morgan fingerprint density at radius 2 is 2.00 bits per heavy atom. The number of benzene rings is 1. The molecule has 1 aromatic carbocycles. The molecule has 1 aliphatic heterocycles. The lowest BCUT2D eigenvalue weighted by Crippen LogP contribution is -2.41. The highest BCUT2D eigenvalue weighted by molar-refractivity contribution is 7.89. The molecule has 1 fully saturated rings. The topological polar surface area (TPSA) is 134 Å². The van der Waals surface area contributed by atoms with Crippen molar-refractivity contribution in [1.29, 1.82) is 0 Å². The summed E-state index contributed by atoms with van der Waals surface area (Å²) < 4.78 is 27.2. The van der Waals surface area contributed by atoms with E-state index in [0.29, 0.717) is 18.1 Å². The summed E-state index contributed by atoms with van der Waals surface area (Å²) >= 11 is 0. The van der Waals surface area contributed by atoms with Crippen LogP contribution in [0.3, 0.4) is 0 Å². The van der Waals surface area contributed by atoms with Crippen LogP contribution in [-0.2, 0) is 14.8 Å². The predicted octanol–water partition coefficient (Wildman–Crippen LogP) is 1.72. The fourth-order valence-corrected chi connectivity index (χ4v) is 4.75. The molecule has 1 aliphatic rings. The molecule has 1 saturated heterocycles. The van der Waals surface area contributed by atoms with Crippen molar-refractivity contribution in [3.63, 3.8) is 0 Å². The Labute approximate surface area is 182 Å². The summed E-state index contributed by atoms with van der Waals surface area (Å²) in [5.74, 6) is -0.232. The molecule has 1 aromatic heterocycles. The van der Waals surface area contributed by atoms with Gasteiger partial charge in [-0.15, -0.1) is 0 Å². The van der Waals surface area contributed by atoms with Crippen LogP contribution >= 0.6 is 0 Å². The van der Waals surface area contributed by atoms with E-state index in [1.807, 2.05) is 4.90 Å². The number of hydrogen-bond acceptors (Lipinski definition) is 6. The number of aromatic nitrogens is 1. The number of carbonyl (C=O) groups is 2. The Morgan fingerprint density at radius 3 is 2.65 bits per heavy atom. The number of piperidine rings is 1. The molecule has 2 heterocycles. The zero-order valence-corrected chi connectivity index (χ0v) is 18.4. The third-order valence-corrected chi connectivity index (χ3v) is 6.61. The van der Waals surface area contributed by atoms with Gasteiger partial charge in [-0.3, -0.25) is 9.59 Å². The van der Waals surface area contributed by atoms with Crippen LogP contribution in [0, 0.1) is 5.92 Å². The van der Waals surface area contributed by atoms with Gasteiger partial charge >= 0.3 is 0 Å². The van der Waals surface area contributed by atoms with Crippen LogP contribution < -0.4 is 20.7 Å². The normalized spacial score (nSPS) is 16.9. The fourth-order valence-electron chi connectivity index (χ4n) is 3.45. The van der Waals surface area contributed by atoms with Gasteiger partial charge in [0.05, 0.1) is 22.7 Å². The summed E-state index contributed by atoms with van der Waals surface area (Å²) in [7, 11) is -3.70. The molecule has 0 spiro atoms. The van der Waals surface area contributed by atoms with Gasteiger partial charge in [0.25, 0.3) is 5.91 Å². The number of amides is 2. The Bertz CT molecular complexity index is 1050. The van der Waals surface area contributed by atoms with Crippen molar-refractivity contribution in [3.05, 3.63) is 48.2 Å². The van der Waals surface area contributed by atoms with Crippen LogP contribution in [0.5, 0.6) is 0 Å². The van der Waals surface area contributed by atoms with E-state index in [9.17, 15) is 18.0 Å². The summed E-state index contributed by atoms with van der Waals surface area (Å²) in [5.41, 5.74) is 6.12. The molecule has 9 nitrogen and oxygen atoms in total. The van der Waals surface area contributed by atoms with E-state index in [2.05, 4.69) is 15.0 Å². The molecule has 4 N–H and O–H groups in total. The number of primary amides is 1. The van der Waals surface area contributed by atoms with Crippen molar-refractivity contribution in [2.75, 3.05) is 23.3 Å². The number of nitrogens with zero attached hydrogens (tertiary/aromatic N) is 2. The monoisotopic (exact) mass is 445 g/mol. The van der Waals surface area contributed by atoms with Gasteiger partial charge in [0.15, 0.2) is 0 Å². The molecule has 0 aliphatic carbocycles. The van der Waals surface area contributed by atoms with Crippen LogP contribution in [-0.4, -0.2) is 44.3 Å². The average molecular weight is 446 g/mol. The second kappa shape index (κ2) is 9.44. The zero-order chi connectivity index (χ0) is 22.6. The summed E-state index contributed by atoms with van der Waals surface area (Å²) in [6.45, 7) is 4.76. The highest BCUT2D eigenvalue weighted by atomic mass is 32.2. The maximum absolute atomic E-state index is 12.6. The lowest BCUT2D eigenvalue weighted by atomic mass is 9.97. The van der Waals surface area contributed by atoms with E-state index in [1.165, 1.54) is 24.4 Å². The van der Waals surface area contributed by atoms with Crippen LogP contribution in [0.25, 0.3) is 0 Å². The lowest BCUT2D eigenvalue weighted by molar-refractivity contribution is -0.122. The van der Waals surface area contributed by atoms with E-state index >= 15 is 0 Å². The first-order valence-electron chi connectivity index (χ1n) is 10.1. The summed E-state index contributed by atoms with van der Waals surface area (Å²) in [4.78, 5) is 30.5. The third kappa shape index (κ3) is 5.80. The number of rotatable bonds is 7. The van der Waals surface area contributed by atoms with Crippen molar-refractivity contribution in [2.45, 2.75) is 37.6 Å². The Hall–Kier alpha value is -2.98. The van der Waals surface area contributed by atoms with E-state index in [1.54, 1.807) is 32.0 Å². The molecule has 0 saturated carbocycles. The quantitative estimate of drug-likeness (QED) is 0.594. The van der Waals surface area contributed by atoms with Gasteiger partial charge in [-0.25, -0.2) is 18.1 Å². The van der Waals surface area contributed by atoms with E-state index < -0.39 is 15.9 Å². The molecule has 1 atom stereocenters. The maximum atomic E-state index is 12.6. The van der Waals surface area contributed by atoms with Crippen molar-refractivity contribution in [3.8, 4) is 0 Å². The minimum absolute atomic E-state index is 0.0245. The number of nitrogens with two attached hydrogens (primary N) is 1. The minimum atomic E-state index is -3.70. The molecule has 31 heavy (non-hydrogen) atoms. The fraction of sp³-hybridized carbons (Fsp3) is 0.381. The Balaban J connectivity index is 1.69. The Morgan fingerprint density at radius 1 is 1.23 bits per heavy atom. The molecule has 2 amide bonds. The summed E-state index contributed by atoms with van der Waals surface area (Å²) in [5, 5.41) is 2.73. The van der Waals surface area contributed by atoms with Gasteiger partial charge in [-0.2, -0.15) is 0 Å². The first-order chi connectivity index (χ1) is 14.7. The third-order valence-electron chi connectivity index (χ3n) is 4.95.